The van der Waals surface area contributed by atoms with E-state index in [0.717, 1.165) is 64.2 Å². The molecule has 4 amide bonds. The third-order valence-corrected chi connectivity index (χ3v) is 11.8. The molecule has 5 heterocycles. The van der Waals surface area contributed by atoms with Crippen LogP contribution in [0.3, 0.4) is 0 Å². The molecular weight excluding hydrogens is 763 g/mol. The number of imidazole rings is 2. The van der Waals surface area contributed by atoms with Crippen molar-refractivity contribution in [2.45, 2.75) is 69.3 Å². The fraction of sp³-hybridized carbons (Fsp3) is 0.390. The summed E-state index contributed by atoms with van der Waals surface area (Å²) >= 11 is 1.41. The number of amides is 4. The number of carbonyl (C=O) groups excluding carboxylic acids is 3. The molecule has 2 aliphatic rings. The first kappa shape index (κ1) is 40.1. The van der Waals surface area contributed by atoms with E-state index >= 15 is 0 Å². The first-order chi connectivity index (χ1) is 28.1. The van der Waals surface area contributed by atoms with Gasteiger partial charge in [0.15, 0.2) is 0 Å². The molecule has 2 aliphatic heterocycles. The number of likely N-dealkylation sites (N-methyl/N-ethyl adjacent to an activating group) is 1. The van der Waals surface area contributed by atoms with E-state index in [0.29, 0.717) is 30.4 Å². The minimum absolute atomic E-state index is 0.204. The van der Waals surface area contributed by atoms with E-state index in [4.69, 9.17) is 9.47 Å². The van der Waals surface area contributed by atoms with Crippen LogP contribution in [0.5, 0.6) is 0 Å². The van der Waals surface area contributed by atoms with Gasteiger partial charge in [0, 0.05) is 39.0 Å². The molecule has 16 nitrogen and oxygen atoms in total. The van der Waals surface area contributed by atoms with Gasteiger partial charge in [-0.25, -0.2) is 24.5 Å². The molecule has 58 heavy (non-hydrogen) atoms. The quantitative estimate of drug-likeness (QED) is 0.111. The summed E-state index contributed by atoms with van der Waals surface area (Å²) in [7, 11) is 4.17. The summed E-state index contributed by atoms with van der Waals surface area (Å²) in [5.74, 6) is 0.834. The van der Waals surface area contributed by atoms with Crippen molar-refractivity contribution >= 4 is 35.3 Å². The van der Waals surface area contributed by atoms with Gasteiger partial charge >= 0.3 is 12.2 Å². The molecule has 0 bridgehead atoms. The van der Waals surface area contributed by atoms with Gasteiger partial charge in [0.2, 0.25) is 11.8 Å². The number of carboxylic acid groups (broad SMARTS) is 1. The summed E-state index contributed by atoms with van der Waals surface area (Å²) < 4.78 is 10.1. The predicted molar refractivity (Wildman–Crippen MR) is 216 cm³/mol. The predicted octanol–water partition coefficient (Wildman–Crippen LogP) is 5.90. The maximum absolute atomic E-state index is 13.8. The van der Waals surface area contributed by atoms with Crippen LogP contribution in [-0.4, -0.2) is 121 Å². The van der Waals surface area contributed by atoms with Crippen molar-refractivity contribution < 1.29 is 33.8 Å². The zero-order valence-electron chi connectivity index (χ0n) is 32.8. The molecule has 304 valence electrons. The van der Waals surface area contributed by atoms with E-state index < -0.39 is 30.4 Å². The fourth-order valence-electron chi connectivity index (χ4n) is 7.75. The van der Waals surface area contributed by atoms with Gasteiger partial charge in [-0.15, -0.1) is 11.3 Å². The summed E-state index contributed by atoms with van der Waals surface area (Å²) in [5.41, 5.74) is 7.95. The molecule has 1 unspecified atom stereocenters. The van der Waals surface area contributed by atoms with Crippen molar-refractivity contribution in [1.29, 1.82) is 0 Å². The Labute approximate surface area is 339 Å². The molecule has 17 heteroatoms. The van der Waals surface area contributed by atoms with Gasteiger partial charge in [0.05, 0.1) is 60.3 Å². The van der Waals surface area contributed by atoms with Crippen molar-refractivity contribution in [2.24, 2.45) is 0 Å². The van der Waals surface area contributed by atoms with Crippen LogP contribution in [0.4, 0.5) is 9.59 Å². The SMILES string of the molecule is COC(=O)N[C@H](C(=O)N1CCCC1c1ncc(-c2ccc(-c3ccc(-c4cnc([C@@H]5CCCN5C(=O)[C@H](Cc5cscn5)N(C)C(=O)O)[nH]4)cc3)cc2)[nH]1)[C@@H](C)OC. The number of thiazole rings is 1. The minimum atomic E-state index is -1.17. The van der Waals surface area contributed by atoms with Crippen LogP contribution in [0.25, 0.3) is 33.6 Å². The number of methoxy groups -OCH3 is 2. The van der Waals surface area contributed by atoms with E-state index in [9.17, 15) is 24.3 Å². The standard InChI is InChI=1S/C41H47N9O7S/c1-24(56-3)35(47-40(53)57-4)39(52)50-18-6-8-33(50)37-43-21-31(46-37)28-15-11-26(12-16-28)25-9-13-27(14-10-25)30-20-42-36(45-30)32-7-5-17-49(32)38(51)34(48(2)41(54)55)19-29-22-58-23-44-29/h9-16,20-24,32-35H,5-8,17-19H2,1-4H3,(H,42,45)(H,43,46)(H,47,53)(H,54,55)/t24-,32+,33?,34+,35+/m1/s1. The lowest BCUT2D eigenvalue weighted by Gasteiger charge is -2.31. The smallest absolute Gasteiger partial charge is 0.407 e. The van der Waals surface area contributed by atoms with E-state index in [1.54, 1.807) is 34.6 Å². The molecule has 0 aliphatic carbocycles. The number of aromatic nitrogens is 5. The van der Waals surface area contributed by atoms with Crippen LogP contribution in [-0.2, 0) is 25.5 Å². The Morgan fingerprint density at radius 2 is 1.36 bits per heavy atom. The number of H-pyrrole nitrogens is 2. The van der Waals surface area contributed by atoms with Gasteiger partial charge in [0.1, 0.15) is 23.7 Å². The largest absolute Gasteiger partial charge is 0.465 e. The highest BCUT2D eigenvalue weighted by molar-refractivity contribution is 7.07. The Morgan fingerprint density at radius 3 is 1.83 bits per heavy atom. The molecule has 7 rings (SSSR count). The van der Waals surface area contributed by atoms with E-state index in [1.807, 2.05) is 41.8 Å². The molecule has 2 saturated heterocycles. The average molecular weight is 810 g/mol. The Hall–Kier alpha value is -6.07. The van der Waals surface area contributed by atoms with Crippen molar-refractivity contribution in [3.05, 3.63) is 89.2 Å². The number of aromatic amines is 2. The lowest BCUT2D eigenvalue weighted by atomic mass is 10.0. The maximum atomic E-state index is 13.8. The van der Waals surface area contributed by atoms with E-state index in [-0.39, 0.29) is 30.3 Å². The Bertz CT molecular complexity index is 2210. The summed E-state index contributed by atoms with van der Waals surface area (Å²) in [5, 5.41) is 14.2. The molecule has 2 fully saturated rings. The minimum Gasteiger partial charge on any atom is -0.465 e. The molecule has 3 aromatic heterocycles. The number of benzene rings is 2. The van der Waals surface area contributed by atoms with Crippen molar-refractivity contribution in [3.8, 4) is 33.6 Å². The third kappa shape index (κ3) is 8.45. The molecule has 0 saturated carbocycles. The lowest BCUT2D eigenvalue weighted by molar-refractivity contribution is -0.138. The number of hydrogen-bond acceptors (Lipinski definition) is 10. The topological polar surface area (TPSA) is 199 Å². The number of alkyl carbamates (subject to hydrolysis) is 1. The second-order valence-corrected chi connectivity index (χ2v) is 15.3. The van der Waals surface area contributed by atoms with Gasteiger partial charge in [-0.2, -0.15) is 0 Å². The second kappa shape index (κ2) is 17.6. The number of ether oxygens (including phenoxy) is 2. The molecule has 0 spiro atoms. The molecule has 2 aromatic carbocycles. The van der Waals surface area contributed by atoms with Crippen molar-refractivity contribution in [3.63, 3.8) is 0 Å². The second-order valence-electron chi connectivity index (χ2n) is 14.5. The number of likely N-dealkylation sites (tertiary alicyclic amines) is 2. The molecule has 0 radical (unpaired) electrons. The highest BCUT2D eigenvalue weighted by atomic mass is 32.1. The van der Waals surface area contributed by atoms with Gasteiger partial charge in [-0.05, 0) is 54.9 Å². The molecule has 4 N–H and O–H groups in total. The van der Waals surface area contributed by atoms with E-state index in [1.165, 1.54) is 32.6 Å². The lowest BCUT2D eigenvalue weighted by Crippen LogP contribution is -2.54. The highest BCUT2D eigenvalue weighted by Gasteiger charge is 2.40. The fourth-order valence-corrected chi connectivity index (χ4v) is 8.32. The number of hydrogen-bond donors (Lipinski definition) is 4. The number of nitrogens with one attached hydrogen (secondary N) is 3. The molecular formula is C41H47N9O7S. The number of rotatable bonds is 13. The first-order valence-electron chi connectivity index (χ1n) is 19.2. The summed E-state index contributed by atoms with van der Waals surface area (Å²) in [6.07, 6.45) is 4.37. The van der Waals surface area contributed by atoms with Crippen molar-refractivity contribution in [2.75, 3.05) is 34.4 Å². The van der Waals surface area contributed by atoms with Gasteiger partial charge in [-0.1, -0.05) is 48.5 Å². The third-order valence-electron chi connectivity index (χ3n) is 11.1. The van der Waals surface area contributed by atoms with Crippen LogP contribution < -0.4 is 5.32 Å². The molecule has 5 aromatic rings. The zero-order chi connectivity index (χ0) is 40.9. The van der Waals surface area contributed by atoms with Crippen LogP contribution in [0.2, 0.25) is 0 Å². The zero-order valence-corrected chi connectivity index (χ0v) is 33.6. The van der Waals surface area contributed by atoms with Crippen molar-refractivity contribution in [1.82, 2.24) is 44.9 Å². The van der Waals surface area contributed by atoms with Gasteiger partial charge in [-0.3, -0.25) is 14.5 Å². The molecule has 5 atom stereocenters. The van der Waals surface area contributed by atoms with Gasteiger partial charge in [0.25, 0.3) is 0 Å². The van der Waals surface area contributed by atoms with Crippen LogP contribution in [0.15, 0.2) is 71.8 Å². The average Bonchev–Trinajstić information content (AvgIpc) is 4.10. The highest BCUT2D eigenvalue weighted by Crippen LogP contribution is 2.35. The summed E-state index contributed by atoms with van der Waals surface area (Å²) in [6, 6.07) is 13.9. The van der Waals surface area contributed by atoms with Crippen LogP contribution in [0, 0.1) is 0 Å². The number of carbonyl (C=O) groups is 4. The Kier molecular flexibility index (Phi) is 12.2. The first-order valence-corrected chi connectivity index (χ1v) is 20.1. The van der Waals surface area contributed by atoms with Crippen LogP contribution in [0.1, 0.15) is 62.0 Å². The summed E-state index contributed by atoms with van der Waals surface area (Å²) in [4.78, 5) is 76.4. The van der Waals surface area contributed by atoms with Crippen LogP contribution >= 0.6 is 11.3 Å². The Morgan fingerprint density at radius 1 is 0.845 bits per heavy atom. The Balaban J connectivity index is 1.00. The normalized spacial score (nSPS) is 18.1. The van der Waals surface area contributed by atoms with Gasteiger partial charge < -0.3 is 39.7 Å². The number of nitrogens with zero attached hydrogens (tertiary/aromatic N) is 6. The summed E-state index contributed by atoms with van der Waals surface area (Å²) in [6.45, 7) is 2.78. The monoisotopic (exact) mass is 809 g/mol. The maximum Gasteiger partial charge on any atom is 0.407 e. The van der Waals surface area contributed by atoms with E-state index in [2.05, 4.69) is 42.4 Å².